The van der Waals surface area contributed by atoms with Crippen LogP contribution in [0.1, 0.15) is 35.8 Å². The van der Waals surface area contributed by atoms with Crippen molar-refractivity contribution in [2.24, 2.45) is 11.7 Å². The lowest BCUT2D eigenvalue weighted by molar-refractivity contribution is -0.138. The fourth-order valence-electron chi connectivity index (χ4n) is 1.76. The van der Waals surface area contributed by atoms with Gasteiger partial charge in [0.25, 0.3) is 0 Å². The van der Waals surface area contributed by atoms with E-state index < -0.39 is 11.9 Å². The largest absolute Gasteiger partial charge is 0.481 e. The number of nitrogens with one attached hydrogen (secondary N) is 1. The molecule has 0 aromatic carbocycles. The number of nitrogens with two attached hydrogens (primary N) is 1. The molecule has 1 rings (SSSR count). The maximum Gasteiger partial charge on any atom is 0.303 e. The predicted octanol–water partition coefficient (Wildman–Crippen LogP) is 1.40. The number of hydrogen-bond donors (Lipinski definition) is 3. The molecule has 0 spiro atoms. The number of aromatic nitrogens is 1. The number of carbonyl (C=O) groups excluding carboxylic acids is 1. The summed E-state index contributed by atoms with van der Waals surface area (Å²) in [5.41, 5.74) is 6.30. The molecule has 0 aliphatic rings. The molecule has 0 fully saturated rings. The van der Waals surface area contributed by atoms with Crippen LogP contribution in [0, 0.1) is 12.8 Å². The zero-order valence-corrected chi connectivity index (χ0v) is 11.1. The van der Waals surface area contributed by atoms with Gasteiger partial charge in [0, 0.05) is 24.2 Å². The van der Waals surface area contributed by atoms with Crippen LogP contribution in [0.5, 0.6) is 0 Å². The third-order valence-corrected chi connectivity index (χ3v) is 2.85. The number of amides is 1. The van der Waals surface area contributed by atoms with E-state index in [9.17, 15) is 9.59 Å². The summed E-state index contributed by atoms with van der Waals surface area (Å²) >= 11 is 0. The highest BCUT2D eigenvalue weighted by Crippen LogP contribution is 2.13. The summed E-state index contributed by atoms with van der Waals surface area (Å²) in [6, 6.07) is 3.19. The first-order valence-corrected chi connectivity index (χ1v) is 6.16. The molecule has 0 aliphatic heterocycles. The highest BCUT2D eigenvalue weighted by Gasteiger charge is 2.12. The summed E-state index contributed by atoms with van der Waals surface area (Å²) in [6.07, 6.45) is 0.867. The predicted molar refractivity (Wildman–Crippen MR) is 72.0 cm³/mol. The van der Waals surface area contributed by atoms with E-state index in [0.29, 0.717) is 23.6 Å². The Morgan fingerprint density at radius 2 is 2.16 bits per heavy atom. The lowest BCUT2D eigenvalue weighted by Gasteiger charge is -2.14. The van der Waals surface area contributed by atoms with Crippen LogP contribution >= 0.6 is 0 Å². The van der Waals surface area contributed by atoms with E-state index >= 15 is 0 Å². The second-order valence-corrected chi connectivity index (χ2v) is 4.50. The lowest BCUT2D eigenvalue weighted by Crippen LogP contribution is -2.18. The first-order chi connectivity index (χ1) is 8.92. The van der Waals surface area contributed by atoms with Crippen molar-refractivity contribution in [3.8, 4) is 0 Å². The number of aliphatic carboxylic acids is 1. The molecule has 1 aromatic heterocycles. The highest BCUT2D eigenvalue weighted by atomic mass is 16.4. The molecule has 1 amide bonds. The minimum absolute atomic E-state index is 0.0249. The summed E-state index contributed by atoms with van der Waals surface area (Å²) in [5.74, 6) is -0.760. The molecule has 0 saturated carbocycles. The molecule has 19 heavy (non-hydrogen) atoms. The van der Waals surface area contributed by atoms with Gasteiger partial charge < -0.3 is 16.2 Å². The lowest BCUT2D eigenvalue weighted by atomic mass is 10.0. The Labute approximate surface area is 112 Å². The van der Waals surface area contributed by atoms with E-state index in [-0.39, 0.29) is 12.3 Å². The summed E-state index contributed by atoms with van der Waals surface area (Å²) in [5, 5.41) is 11.8. The van der Waals surface area contributed by atoms with Crippen molar-refractivity contribution in [1.29, 1.82) is 0 Å². The number of pyridine rings is 1. The first-order valence-electron chi connectivity index (χ1n) is 6.16. The fraction of sp³-hybridized carbons (Fsp3) is 0.462. The summed E-state index contributed by atoms with van der Waals surface area (Å²) in [6.45, 7) is 4.21. The molecular formula is C13H19N3O3. The number of nitrogens with zero attached hydrogens (tertiary/aromatic N) is 1. The van der Waals surface area contributed by atoms with Crippen molar-refractivity contribution in [1.82, 2.24) is 4.98 Å². The zero-order chi connectivity index (χ0) is 14.4. The molecule has 104 valence electrons. The molecule has 1 aromatic rings. The van der Waals surface area contributed by atoms with Crippen molar-refractivity contribution in [2.45, 2.75) is 26.7 Å². The number of anilines is 1. The van der Waals surface area contributed by atoms with Crippen LogP contribution in [0.3, 0.4) is 0 Å². The van der Waals surface area contributed by atoms with Crippen molar-refractivity contribution < 1.29 is 14.7 Å². The Kier molecular flexibility index (Phi) is 5.29. The van der Waals surface area contributed by atoms with Gasteiger partial charge in [0.15, 0.2) is 0 Å². The number of carbonyl (C=O) groups is 2. The Balaban J connectivity index is 2.71. The minimum Gasteiger partial charge on any atom is -0.481 e. The number of carboxylic acids is 1. The first kappa shape index (κ1) is 14.9. The Bertz CT molecular complexity index is 474. The molecular weight excluding hydrogens is 246 g/mol. The van der Waals surface area contributed by atoms with E-state index in [1.54, 1.807) is 19.1 Å². The van der Waals surface area contributed by atoms with Gasteiger partial charge in [0.05, 0.1) is 0 Å². The topological polar surface area (TPSA) is 105 Å². The molecule has 0 bridgehead atoms. The highest BCUT2D eigenvalue weighted by molar-refractivity contribution is 5.93. The zero-order valence-electron chi connectivity index (χ0n) is 11.1. The van der Waals surface area contributed by atoms with Crippen molar-refractivity contribution >= 4 is 17.7 Å². The molecule has 0 aliphatic carbocycles. The van der Waals surface area contributed by atoms with Gasteiger partial charge in [-0.3, -0.25) is 9.59 Å². The number of carboxylic acid groups (broad SMARTS) is 1. The normalized spacial score (nSPS) is 11.9. The summed E-state index contributed by atoms with van der Waals surface area (Å²) in [4.78, 5) is 26.0. The smallest absolute Gasteiger partial charge is 0.303 e. The van der Waals surface area contributed by atoms with Gasteiger partial charge >= 0.3 is 5.97 Å². The summed E-state index contributed by atoms with van der Waals surface area (Å²) in [7, 11) is 0. The summed E-state index contributed by atoms with van der Waals surface area (Å²) < 4.78 is 0. The Morgan fingerprint density at radius 3 is 2.68 bits per heavy atom. The van der Waals surface area contributed by atoms with E-state index in [2.05, 4.69) is 10.3 Å². The van der Waals surface area contributed by atoms with Gasteiger partial charge in [0.2, 0.25) is 5.91 Å². The molecule has 6 heteroatoms. The maximum absolute atomic E-state index is 11.1. The van der Waals surface area contributed by atoms with Crippen molar-refractivity contribution in [2.75, 3.05) is 11.9 Å². The maximum atomic E-state index is 11.1. The van der Waals surface area contributed by atoms with E-state index in [1.165, 1.54) is 0 Å². The van der Waals surface area contributed by atoms with Gasteiger partial charge in [-0.05, 0) is 25.0 Å². The second kappa shape index (κ2) is 6.72. The number of rotatable bonds is 7. The Hall–Kier alpha value is -2.11. The average molecular weight is 265 g/mol. The van der Waals surface area contributed by atoms with Crippen LogP contribution in [0.2, 0.25) is 0 Å². The van der Waals surface area contributed by atoms with Crippen molar-refractivity contribution in [3.63, 3.8) is 0 Å². The SMILES string of the molecule is CCC(CNc1cc(C(N)=O)cc(C)n1)CC(=O)O. The molecule has 0 saturated heterocycles. The molecule has 6 nitrogen and oxygen atoms in total. The Morgan fingerprint density at radius 1 is 1.47 bits per heavy atom. The average Bonchev–Trinajstić information content (AvgIpc) is 2.33. The standard InChI is InChI=1S/C13H19N3O3/c1-3-9(5-12(17)18)7-15-11-6-10(13(14)19)4-8(2)16-11/h4,6,9H,3,5,7H2,1-2H3,(H2,14,19)(H,15,16)(H,17,18). The molecule has 0 radical (unpaired) electrons. The fourth-order valence-corrected chi connectivity index (χ4v) is 1.76. The third kappa shape index (κ3) is 4.95. The number of hydrogen-bond acceptors (Lipinski definition) is 4. The van der Waals surface area contributed by atoms with Crippen LogP contribution in [-0.2, 0) is 4.79 Å². The second-order valence-electron chi connectivity index (χ2n) is 4.50. The molecule has 1 unspecified atom stereocenters. The number of aryl methyl sites for hydroxylation is 1. The number of primary amides is 1. The monoisotopic (exact) mass is 265 g/mol. The van der Waals surface area contributed by atoms with Gasteiger partial charge in [0.1, 0.15) is 5.82 Å². The minimum atomic E-state index is -0.816. The van der Waals surface area contributed by atoms with Crippen LogP contribution in [0.15, 0.2) is 12.1 Å². The van der Waals surface area contributed by atoms with Gasteiger partial charge in [-0.15, -0.1) is 0 Å². The van der Waals surface area contributed by atoms with Crippen LogP contribution < -0.4 is 11.1 Å². The van der Waals surface area contributed by atoms with Gasteiger partial charge in [-0.2, -0.15) is 0 Å². The van der Waals surface area contributed by atoms with Crippen LogP contribution in [0.25, 0.3) is 0 Å². The quantitative estimate of drug-likeness (QED) is 0.691. The molecule has 1 atom stereocenters. The third-order valence-electron chi connectivity index (χ3n) is 2.85. The van der Waals surface area contributed by atoms with Gasteiger partial charge in [-0.1, -0.05) is 13.3 Å². The van der Waals surface area contributed by atoms with Crippen molar-refractivity contribution in [3.05, 3.63) is 23.4 Å². The van der Waals surface area contributed by atoms with Crippen LogP contribution in [0.4, 0.5) is 5.82 Å². The molecule has 1 heterocycles. The van der Waals surface area contributed by atoms with E-state index in [1.807, 2.05) is 6.92 Å². The molecule has 4 N–H and O–H groups in total. The van der Waals surface area contributed by atoms with E-state index in [0.717, 1.165) is 6.42 Å². The van der Waals surface area contributed by atoms with Crippen LogP contribution in [-0.4, -0.2) is 28.5 Å². The van der Waals surface area contributed by atoms with Gasteiger partial charge in [-0.25, -0.2) is 4.98 Å². The van der Waals surface area contributed by atoms with E-state index in [4.69, 9.17) is 10.8 Å².